The molecule has 108 valence electrons. The standard InChI is InChI=1S/C16H21FN2S/c1-5-8-18-11(3)15-12(4)19-16(20-15)13-7-6-10(2)9-14(13)17/h6-7,9,11,18H,5,8H2,1-4H3. The Kier molecular flexibility index (Phi) is 4.89. The van der Waals surface area contributed by atoms with Crippen molar-refractivity contribution in [1.82, 2.24) is 10.3 Å². The molecule has 0 fully saturated rings. The molecule has 2 aromatic rings. The molecule has 1 aromatic heterocycles. The number of thiazole rings is 1. The van der Waals surface area contributed by atoms with Gasteiger partial charge in [0.05, 0.1) is 5.69 Å². The van der Waals surface area contributed by atoms with Gasteiger partial charge < -0.3 is 5.32 Å². The van der Waals surface area contributed by atoms with Crippen molar-refractivity contribution in [3.63, 3.8) is 0 Å². The van der Waals surface area contributed by atoms with Gasteiger partial charge in [0, 0.05) is 16.5 Å². The molecule has 0 aliphatic heterocycles. The normalized spacial score (nSPS) is 12.7. The molecule has 1 atom stereocenters. The summed E-state index contributed by atoms with van der Waals surface area (Å²) in [5.74, 6) is -0.195. The van der Waals surface area contributed by atoms with E-state index < -0.39 is 0 Å². The maximum atomic E-state index is 14.0. The summed E-state index contributed by atoms with van der Waals surface area (Å²) < 4.78 is 14.0. The number of aryl methyl sites for hydroxylation is 2. The third-order valence-corrected chi connectivity index (χ3v) is 4.65. The molecule has 0 spiro atoms. The van der Waals surface area contributed by atoms with E-state index in [0.29, 0.717) is 5.56 Å². The molecule has 0 aliphatic rings. The molecule has 2 rings (SSSR count). The van der Waals surface area contributed by atoms with Gasteiger partial charge in [-0.2, -0.15) is 0 Å². The minimum absolute atomic E-state index is 0.195. The van der Waals surface area contributed by atoms with Crippen LogP contribution in [0, 0.1) is 19.7 Å². The van der Waals surface area contributed by atoms with Gasteiger partial charge in [-0.15, -0.1) is 11.3 Å². The minimum atomic E-state index is -0.195. The van der Waals surface area contributed by atoms with Crippen LogP contribution in [0.3, 0.4) is 0 Å². The Balaban J connectivity index is 2.30. The highest BCUT2D eigenvalue weighted by Gasteiger charge is 2.16. The van der Waals surface area contributed by atoms with E-state index in [2.05, 4.69) is 24.1 Å². The van der Waals surface area contributed by atoms with Crippen molar-refractivity contribution in [2.24, 2.45) is 0 Å². The zero-order chi connectivity index (χ0) is 14.7. The molecule has 1 N–H and O–H groups in total. The summed E-state index contributed by atoms with van der Waals surface area (Å²) >= 11 is 1.58. The zero-order valence-corrected chi connectivity index (χ0v) is 13.3. The summed E-state index contributed by atoms with van der Waals surface area (Å²) in [6.07, 6.45) is 1.10. The van der Waals surface area contributed by atoms with Crippen LogP contribution in [-0.2, 0) is 0 Å². The molecule has 1 unspecified atom stereocenters. The Morgan fingerprint density at radius 3 is 2.75 bits per heavy atom. The van der Waals surface area contributed by atoms with Crippen molar-refractivity contribution in [2.45, 2.75) is 40.2 Å². The summed E-state index contributed by atoms with van der Waals surface area (Å²) in [5.41, 5.74) is 2.51. The molecule has 0 bridgehead atoms. The van der Waals surface area contributed by atoms with Crippen molar-refractivity contribution >= 4 is 11.3 Å². The number of nitrogens with zero attached hydrogens (tertiary/aromatic N) is 1. The first kappa shape index (κ1) is 15.1. The molecule has 1 heterocycles. The Labute approximate surface area is 124 Å². The van der Waals surface area contributed by atoms with E-state index in [1.54, 1.807) is 17.4 Å². The lowest BCUT2D eigenvalue weighted by Crippen LogP contribution is -2.18. The predicted octanol–water partition coefficient (Wildman–Crippen LogP) is 4.63. The Morgan fingerprint density at radius 2 is 2.10 bits per heavy atom. The monoisotopic (exact) mass is 292 g/mol. The van der Waals surface area contributed by atoms with Gasteiger partial charge in [0.15, 0.2) is 0 Å². The average Bonchev–Trinajstić information content (AvgIpc) is 2.78. The fourth-order valence-electron chi connectivity index (χ4n) is 2.17. The number of hydrogen-bond donors (Lipinski definition) is 1. The van der Waals surface area contributed by atoms with Crippen LogP contribution < -0.4 is 5.32 Å². The van der Waals surface area contributed by atoms with Crippen molar-refractivity contribution in [2.75, 3.05) is 6.54 Å². The summed E-state index contributed by atoms with van der Waals surface area (Å²) in [5, 5.41) is 4.22. The van der Waals surface area contributed by atoms with Crippen LogP contribution in [0.4, 0.5) is 4.39 Å². The van der Waals surface area contributed by atoms with E-state index in [1.165, 1.54) is 4.88 Å². The molecule has 0 radical (unpaired) electrons. The molecule has 2 nitrogen and oxygen atoms in total. The van der Waals surface area contributed by atoms with Crippen LogP contribution in [0.2, 0.25) is 0 Å². The summed E-state index contributed by atoms with van der Waals surface area (Å²) in [6, 6.07) is 5.56. The highest BCUT2D eigenvalue weighted by atomic mass is 32.1. The number of benzene rings is 1. The second kappa shape index (κ2) is 6.46. The van der Waals surface area contributed by atoms with Crippen molar-refractivity contribution in [3.05, 3.63) is 40.2 Å². The van der Waals surface area contributed by atoms with Gasteiger partial charge in [0.2, 0.25) is 0 Å². The Hall–Kier alpha value is -1.26. The fraction of sp³-hybridized carbons (Fsp3) is 0.438. The molecule has 4 heteroatoms. The SMILES string of the molecule is CCCNC(C)c1sc(-c2ccc(C)cc2F)nc1C. The molecule has 0 amide bonds. The van der Waals surface area contributed by atoms with Crippen molar-refractivity contribution < 1.29 is 4.39 Å². The van der Waals surface area contributed by atoms with Gasteiger partial charge in [-0.1, -0.05) is 13.0 Å². The van der Waals surface area contributed by atoms with Crippen LogP contribution in [0.25, 0.3) is 10.6 Å². The predicted molar refractivity (Wildman–Crippen MR) is 83.7 cm³/mol. The van der Waals surface area contributed by atoms with Gasteiger partial charge in [-0.25, -0.2) is 9.37 Å². The van der Waals surface area contributed by atoms with E-state index in [1.807, 2.05) is 26.0 Å². The van der Waals surface area contributed by atoms with E-state index in [-0.39, 0.29) is 11.9 Å². The molecule has 0 aliphatic carbocycles. The largest absolute Gasteiger partial charge is 0.309 e. The molecule has 1 aromatic carbocycles. The fourth-order valence-corrected chi connectivity index (χ4v) is 3.29. The quantitative estimate of drug-likeness (QED) is 0.869. The molecule has 20 heavy (non-hydrogen) atoms. The average molecular weight is 292 g/mol. The van der Waals surface area contributed by atoms with E-state index in [0.717, 1.165) is 29.2 Å². The summed E-state index contributed by atoms with van der Waals surface area (Å²) in [4.78, 5) is 5.73. The lowest BCUT2D eigenvalue weighted by Gasteiger charge is -2.11. The summed E-state index contributed by atoms with van der Waals surface area (Å²) in [7, 11) is 0. The highest BCUT2D eigenvalue weighted by molar-refractivity contribution is 7.15. The van der Waals surface area contributed by atoms with Crippen molar-refractivity contribution in [1.29, 1.82) is 0 Å². The minimum Gasteiger partial charge on any atom is -0.309 e. The second-order valence-corrected chi connectivity index (χ2v) is 6.16. The van der Waals surface area contributed by atoms with Gasteiger partial charge in [0.25, 0.3) is 0 Å². The van der Waals surface area contributed by atoms with Crippen LogP contribution >= 0.6 is 11.3 Å². The van der Waals surface area contributed by atoms with Crippen LogP contribution in [0.15, 0.2) is 18.2 Å². The van der Waals surface area contributed by atoms with Crippen LogP contribution in [0.1, 0.15) is 42.4 Å². The highest BCUT2D eigenvalue weighted by Crippen LogP contribution is 2.33. The number of halogens is 1. The molecule has 0 saturated carbocycles. The first-order valence-corrected chi connectivity index (χ1v) is 7.81. The smallest absolute Gasteiger partial charge is 0.133 e. The number of aromatic nitrogens is 1. The first-order chi connectivity index (χ1) is 9.52. The lowest BCUT2D eigenvalue weighted by atomic mass is 10.1. The molecular weight excluding hydrogens is 271 g/mol. The third kappa shape index (κ3) is 3.25. The molecular formula is C16H21FN2S. The zero-order valence-electron chi connectivity index (χ0n) is 12.5. The maximum absolute atomic E-state index is 14.0. The number of hydrogen-bond acceptors (Lipinski definition) is 3. The van der Waals surface area contributed by atoms with E-state index >= 15 is 0 Å². The van der Waals surface area contributed by atoms with E-state index in [4.69, 9.17) is 0 Å². The number of nitrogens with one attached hydrogen (secondary N) is 1. The lowest BCUT2D eigenvalue weighted by molar-refractivity contribution is 0.575. The maximum Gasteiger partial charge on any atom is 0.133 e. The van der Waals surface area contributed by atoms with Crippen molar-refractivity contribution in [3.8, 4) is 10.6 Å². The third-order valence-electron chi connectivity index (χ3n) is 3.28. The summed E-state index contributed by atoms with van der Waals surface area (Å²) in [6.45, 7) is 9.14. The van der Waals surface area contributed by atoms with Gasteiger partial charge in [0.1, 0.15) is 10.8 Å². The van der Waals surface area contributed by atoms with Gasteiger partial charge >= 0.3 is 0 Å². The topological polar surface area (TPSA) is 24.9 Å². The Morgan fingerprint density at radius 1 is 1.35 bits per heavy atom. The second-order valence-electron chi connectivity index (χ2n) is 5.13. The van der Waals surface area contributed by atoms with Gasteiger partial charge in [-0.3, -0.25) is 0 Å². The number of rotatable bonds is 5. The van der Waals surface area contributed by atoms with Crippen LogP contribution in [-0.4, -0.2) is 11.5 Å². The van der Waals surface area contributed by atoms with E-state index in [9.17, 15) is 4.39 Å². The Bertz CT molecular complexity index is 592. The van der Waals surface area contributed by atoms with Crippen LogP contribution in [0.5, 0.6) is 0 Å². The first-order valence-electron chi connectivity index (χ1n) is 7.00. The van der Waals surface area contributed by atoms with Gasteiger partial charge in [-0.05, 0) is 51.4 Å². The molecule has 0 saturated heterocycles.